The zero-order valence-electron chi connectivity index (χ0n) is 35.4. The molecular weight excluding hydrogens is 735 g/mol. The Labute approximate surface area is 339 Å². The molecule has 0 aromatic carbocycles. The fourth-order valence-electron chi connectivity index (χ4n) is 7.46. The molecule has 56 heavy (non-hydrogen) atoms. The summed E-state index contributed by atoms with van der Waals surface area (Å²) < 4.78 is 26.4. The van der Waals surface area contributed by atoms with Gasteiger partial charge in [0, 0.05) is 25.2 Å². The van der Waals surface area contributed by atoms with E-state index >= 15 is 0 Å². The first-order valence-electron chi connectivity index (χ1n) is 22.4. The summed E-state index contributed by atoms with van der Waals surface area (Å²) in [6.45, 7) is 5.74. The Balaban J connectivity index is 2.21. The smallest absolute Gasteiger partial charge is 0.462 e. The highest BCUT2D eigenvalue weighted by atomic mass is 31.2. The fraction of sp³-hybridized carbons (Fsp3) is 0.886. The fourth-order valence-corrected chi connectivity index (χ4v) is 7.82. The Morgan fingerprint density at radius 2 is 1.23 bits per heavy atom. The number of aliphatic hydroxyl groups excluding tert-OH is 2. The number of phosphoric acid groups is 1. The number of hydrogen-bond donors (Lipinski definition) is 4. The molecule has 0 saturated heterocycles. The SMILES string of the molecule is CCCCC[C@H](O)/C=C/[C@H]1C(=O)C[C@H](O)[C@@H]1CCCCCCC(=O)OC[C@H](COP(=O)(O)O)OC(=O)CCCCCCCCCCCCCCCCCC(C)C. The number of aliphatic hydroxyl groups is 2. The van der Waals surface area contributed by atoms with Crippen molar-refractivity contribution in [1.82, 2.24) is 0 Å². The molecule has 1 aliphatic rings. The van der Waals surface area contributed by atoms with E-state index in [1.54, 1.807) is 12.2 Å². The molecule has 4 N–H and O–H groups in total. The molecule has 12 heteroatoms. The summed E-state index contributed by atoms with van der Waals surface area (Å²) in [4.78, 5) is 55.6. The zero-order valence-corrected chi connectivity index (χ0v) is 36.3. The average Bonchev–Trinajstić information content (AvgIpc) is 3.41. The first kappa shape index (κ1) is 52.4. The van der Waals surface area contributed by atoms with Crippen LogP contribution < -0.4 is 0 Å². The number of rotatable bonds is 37. The number of Topliss-reactive ketones (excluding diaryl/α,β-unsaturated/α-hetero) is 1. The van der Waals surface area contributed by atoms with Crippen LogP contribution in [0.5, 0.6) is 0 Å². The van der Waals surface area contributed by atoms with E-state index in [0.717, 1.165) is 63.7 Å². The third kappa shape index (κ3) is 29.6. The van der Waals surface area contributed by atoms with E-state index in [9.17, 15) is 29.2 Å². The number of phosphoric ester groups is 1. The lowest BCUT2D eigenvalue weighted by Crippen LogP contribution is -2.29. The minimum absolute atomic E-state index is 0.00249. The van der Waals surface area contributed by atoms with Gasteiger partial charge in [-0.25, -0.2) is 4.57 Å². The van der Waals surface area contributed by atoms with Gasteiger partial charge in [-0.15, -0.1) is 0 Å². The Kier molecular flexibility index (Phi) is 31.1. The van der Waals surface area contributed by atoms with Crippen molar-refractivity contribution in [3.8, 4) is 0 Å². The summed E-state index contributed by atoms with van der Waals surface area (Å²) in [5, 5.41) is 20.7. The molecule has 0 unspecified atom stereocenters. The van der Waals surface area contributed by atoms with Crippen LogP contribution in [0.2, 0.25) is 0 Å². The van der Waals surface area contributed by atoms with Crippen LogP contribution in [0.25, 0.3) is 0 Å². The molecule has 0 aliphatic heterocycles. The molecule has 5 atom stereocenters. The molecule has 0 heterocycles. The lowest BCUT2D eigenvalue weighted by molar-refractivity contribution is -0.161. The number of unbranched alkanes of at least 4 members (excludes halogenated alkanes) is 19. The number of carbonyl (C=O) groups is 3. The van der Waals surface area contributed by atoms with Crippen LogP contribution in [-0.2, 0) is 32.9 Å². The first-order chi connectivity index (χ1) is 26.8. The van der Waals surface area contributed by atoms with E-state index in [0.29, 0.717) is 25.7 Å². The second kappa shape index (κ2) is 33.2. The van der Waals surface area contributed by atoms with E-state index in [-0.39, 0.29) is 43.5 Å². The van der Waals surface area contributed by atoms with E-state index in [1.807, 2.05) is 0 Å². The van der Waals surface area contributed by atoms with Gasteiger partial charge < -0.3 is 29.5 Å². The van der Waals surface area contributed by atoms with Gasteiger partial charge in [-0.2, -0.15) is 0 Å². The predicted octanol–water partition coefficient (Wildman–Crippen LogP) is 10.2. The lowest BCUT2D eigenvalue weighted by atomic mass is 9.88. The van der Waals surface area contributed by atoms with Crippen LogP contribution in [0, 0.1) is 17.8 Å². The lowest BCUT2D eigenvalue weighted by Gasteiger charge is -2.19. The molecule has 0 spiro atoms. The summed E-state index contributed by atoms with van der Waals surface area (Å²) in [7, 11) is -4.81. The van der Waals surface area contributed by atoms with Crippen LogP contribution >= 0.6 is 7.82 Å². The number of esters is 2. The standard InChI is InChI=1S/C44H81O11P/c1-4-5-21-27-37(45)31-32-40-39(41(46)33-42(40)47)28-23-19-20-24-29-43(48)53-34-38(35-54-56(50,51)52)55-44(49)30-25-18-16-14-12-10-8-6-7-9-11-13-15-17-22-26-36(2)3/h31-32,36-41,45-46H,4-30,33-35H2,1-3H3,(H2,50,51,52)/b32-31+/t37-,38+,39+,40+,41-/m0/s1. The van der Waals surface area contributed by atoms with Gasteiger partial charge in [0.15, 0.2) is 6.10 Å². The Bertz CT molecular complexity index is 1090. The summed E-state index contributed by atoms with van der Waals surface area (Å²) >= 11 is 0. The maximum atomic E-state index is 12.5. The van der Waals surface area contributed by atoms with Crippen molar-refractivity contribution >= 4 is 25.5 Å². The van der Waals surface area contributed by atoms with Gasteiger partial charge in [0.2, 0.25) is 0 Å². The molecule has 0 aromatic rings. The van der Waals surface area contributed by atoms with Gasteiger partial charge in [0.05, 0.1) is 18.8 Å². The van der Waals surface area contributed by atoms with Gasteiger partial charge in [-0.3, -0.25) is 18.9 Å². The Morgan fingerprint density at radius 1 is 0.732 bits per heavy atom. The summed E-state index contributed by atoms with van der Waals surface area (Å²) in [5.41, 5.74) is 0. The van der Waals surface area contributed by atoms with Gasteiger partial charge >= 0.3 is 19.8 Å². The second-order valence-electron chi connectivity index (χ2n) is 16.6. The summed E-state index contributed by atoms with van der Waals surface area (Å²) in [5.74, 6) is -0.776. The van der Waals surface area contributed by atoms with Gasteiger partial charge in [0.1, 0.15) is 12.4 Å². The number of allylic oxidation sites excluding steroid dienone is 1. The molecule has 1 aliphatic carbocycles. The highest BCUT2D eigenvalue weighted by Crippen LogP contribution is 2.36. The molecular formula is C44H81O11P. The normalized spacial score (nSPS) is 18.6. The number of ketones is 1. The third-order valence-electron chi connectivity index (χ3n) is 10.9. The summed E-state index contributed by atoms with van der Waals surface area (Å²) in [6.07, 6.45) is 28.4. The Hall–Kier alpha value is -1.62. The zero-order chi connectivity index (χ0) is 41.4. The number of ether oxygens (including phenoxy) is 2. The molecule has 0 bridgehead atoms. The van der Waals surface area contributed by atoms with Crippen molar-refractivity contribution < 1.29 is 52.9 Å². The third-order valence-corrected chi connectivity index (χ3v) is 11.4. The largest absolute Gasteiger partial charge is 0.469 e. The molecule has 11 nitrogen and oxygen atoms in total. The molecule has 1 saturated carbocycles. The van der Waals surface area contributed by atoms with Crippen LogP contribution in [0.1, 0.15) is 201 Å². The number of carbonyl (C=O) groups excluding carboxylic acids is 3. The minimum atomic E-state index is -4.81. The molecule has 328 valence electrons. The minimum Gasteiger partial charge on any atom is -0.462 e. The molecule has 0 radical (unpaired) electrons. The van der Waals surface area contributed by atoms with E-state index < -0.39 is 44.7 Å². The number of hydrogen-bond acceptors (Lipinski definition) is 9. The average molecular weight is 817 g/mol. The van der Waals surface area contributed by atoms with Gasteiger partial charge in [-0.1, -0.05) is 168 Å². The van der Waals surface area contributed by atoms with Crippen molar-refractivity contribution in [3.05, 3.63) is 12.2 Å². The molecule has 1 fully saturated rings. The van der Waals surface area contributed by atoms with Crippen LogP contribution in [0.15, 0.2) is 12.2 Å². The van der Waals surface area contributed by atoms with Crippen molar-refractivity contribution in [1.29, 1.82) is 0 Å². The molecule has 0 aromatic heterocycles. The quantitative estimate of drug-likeness (QED) is 0.0203. The highest BCUT2D eigenvalue weighted by molar-refractivity contribution is 7.46. The van der Waals surface area contributed by atoms with E-state index in [2.05, 4.69) is 25.3 Å². The topological polar surface area (TPSA) is 177 Å². The molecule has 1 rings (SSSR count). The monoisotopic (exact) mass is 817 g/mol. The van der Waals surface area contributed by atoms with Crippen molar-refractivity contribution in [2.75, 3.05) is 13.2 Å². The van der Waals surface area contributed by atoms with Crippen LogP contribution in [0.3, 0.4) is 0 Å². The van der Waals surface area contributed by atoms with Crippen molar-refractivity contribution in [2.24, 2.45) is 17.8 Å². The van der Waals surface area contributed by atoms with E-state index in [1.165, 1.54) is 77.0 Å². The van der Waals surface area contributed by atoms with Crippen molar-refractivity contribution in [3.63, 3.8) is 0 Å². The highest BCUT2D eigenvalue weighted by Gasteiger charge is 2.39. The Morgan fingerprint density at radius 3 is 1.77 bits per heavy atom. The predicted molar refractivity (Wildman–Crippen MR) is 222 cm³/mol. The van der Waals surface area contributed by atoms with Crippen LogP contribution in [-0.4, -0.2) is 69.2 Å². The van der Waals surface area contributed by atoms with Gasteiger partial charge in [0.25, 0.3) is 0 Å². The summed E-state index contributed by atoms with van der Waals surface area (Å²) in [6, 6.07) is 0. The van der Waals surface area contributed by atoms with Gasteiger partial charge in [-0.05, 0) is 37.5 Å². The first-order valence-corrected chi connectivity index (χ1v) is 24.0. The van der Waals surface area contributed by atoms with Crippen molar-refractivity contribution in [2.45, 2.75) is 219 Å². The maximum Gasteiger partial charge on any atom is 0.469 e. The maximum absolute atomic E-state index is 12.5. The second-order valence-corrected chi connectivity index (χ2v) is 17.9. The van der Waals surface area contributed by atoms with Crippen LogP contribution in [0.4, 0.5) is 0 Å². The molecule has 0 amide bonds. The van der Waals surface area contributed by atoms with E-state index in [4.69, 9.17) is 19.3 Å².